The molecule has 9 heteroatoms. The lowest BCUT2D eigenvalue weighted by atomic mass is 9.89. The molecule has 1 aliphatic heterocycles. The van der Waals surface area contributed by atoms with Gasteiger partial charge >= 0.3 is 15.6 Å². The highest BCUT2D eigenvalue weighted by atomic mass is 35.5. The van der Waals surface area contributed by atoms with Crippen LogP contribution in [0.15, 0.2) is 18.2 Å². The minimum absolute atomic E-state index is 0.0701. The molecule has 4 nitrogen and oxygen atoms in total. The van der Waals surface area contributed by atoms with Gasteiger partial charge in [-0.3, -0.25) is 0 Å². The minimum Gasteiger partial charge on any atom is -0.374 e. The third-order valence-electron chi connectivity index (χ3n) is 4.04. The minimum atomic E-state index is -5.73. The summed E-state index contributed by atoms with van der Waals surface area (Å²) in [4.78, 5) is 2.32. The predicted octanol–water partition coefficient (Wildman–Crippen LogP) is 4.16. The van der Waals surface area contributed by atoms with Gasteiger partial charge in [-0.15, -0.1) is 0 Å². The predicted molar refractivity (Wildman–Crippen MR) is 85.8 cm³/mol. The topological polar surface area (TPSA) is 46.6 Å². The van der Waals surface area contributed by atoms with Crippen LogP contribution in [0.25, 0.3) is 0 Å². The Morgan fingerprint density at radius 1 is 1.29 bits per heavy atom. The summed E-state index contributed by atoms with van der Waals surface area (Å²) in [5.74, 6) is -0.412. The molecule has 0 radical (unpaired) electrons. The van der Waals surface area contributed by atoms with Crippen LogP contribution in [0.1, 0.15) is 37.7 Å². The first-order valence-electron chi connectivity index (χ1n) is 7.67. The first-order chi connectivity index (χ1) is 11.2. The summed E-state index contributed by atoms with van der Waals surface area (Å²) >= 11 is 6.13. The van der Waals surface area contributed by atoms with Gasteiger partial charge in [0.15, 0.2) is 5.75 Å². The van der Waals surface area contributed by atoms with Crippen molar-refractivity contribution in [2.24, 2.45) is 0 Å². The van der Waals surface area contributed by atoms with E-state index in [1.54, 1.807) is 6.07 Å². The number of piperidine rings is 1. The summed E-state index contributed by atoms with van der Waals surface area (Å²) < 4.78 is 63.9. The van der Waals surface area contributed by atoms with Crippen molar-refractivity contribution in [3.8, 4) is 5.75 Å². The Morgan fingerprint density at radius 2 is 1.92 bits per heavy atom. The van der Waals surface area contributed by atoms with Crippen LogP contribution in [0.2, 0.25) is 5.02 Å². The molecule has 24 heavy (non-hydrogen) atoms. The molecular weight excluding hydrogens is 367 g/mol. The largest absolute Gasteiger partial charge is 0.534 e. The molecule has 0 spiro atoms. The molecule has 0 atom stereocenters. The molecule has 0 amide bonds. The summed E-state index contributed by atoms with van der Waals surface area (Å²) in [6.07, 6.45) is 2.69. The van der Waals surface area contributed by atoms with E-state index >= 15 is 0 Å². The van der Waals surface area contributed by atoms with E-state index in [1.807, 2.05) is 0 Å². The molecule has 1 heterocycles. The van der Waals surface area contributed by atoms with Crippen molar-refractivity contribution < 1.29 is 25.8 Å². The van der Waals surface area contributed by atoms with E-state index in [-0.39, 0.29) is 10.9 Å². The van der Waals surface area contributed by atoms with Gasteiger partial charge in [0.2, 0.25) is 0 Å². The molecule has 0 unspecified atom stereocenters. The number of benzene rings is 1. The highest BCUT2D eigenvalue weighted by molar-refractivity contribution is 7.88. The lowest BCUT2D eigenvalue weighted by molar-refractivity contribution is -0.0500. The lowest BCUT2D eigenvalue weighted by Crippen LogP contribution is -2.33. The molecular formula is C15H19ClF3NO3S. The van der Waals surface area contributed by atoms with Crippen molar-refractivity contribution in [2.75, 3.05) is 19.6 Å². The summed E-state index contributed by atoms with van der Waals surface area (Å²) in [6, 6.07) is 4.29. The monoisotopic (exact) mass is 385 g/mol. The number of halogens is 4. The van der Waals surface area contributed by atoms with Crippen molar-refractivity contribution in [1.82, 2.24) is 4.90 Å². The van der Waals surface area contributed by atoms with Crippen LogP contribution in [-0.4, -0.2) is 38.5 Å². The maximum absolute atomic E-state index is 12.5. The number of alkyl halides is 3. The Kier molecular flexibility index (Phi) is 6.04. The van der Waals surface area contributed by atoms with Gasteiger partial charge in [0, 0.05) is 0 Å². The van der Waals surface area contributed by atoms with Gasteiger partial charge in [0.1, 0.15) is 0 Å². The second-order valence-electron chi connectivity index (χ2n) is 5.76. The van der Waals surface area contributed by atoms with Crippen LogP contribution in [0.3, 0.4) is 0 Å². The van der Waals surface area contributed by atoms with Crippen LogP contribution in [0, 0.1) is 0 Å². The number of hydrogen-bond acceptors (Lipinski definition) is 4. The maximum atomic E-state index is 12.5. The average Bonchev–Trinajstić information content (AvgIpc) is 2.49. The second-order valence-corrected chi connectivity index (χ2v) is 7.67. The van der Waals surface area contributed by atoms with Crippen molar-refractivity contribution in [2.45, 2.75) is 37.6 Å². The Balaban J connectivity index is 2.17. The SMILES string of the molecule is CCCN1CCC(c2cccc(OS(=O)(=O)C(F)(F)F)c2Cl)CC1. The molecule has 0 N–H and O–H groups in total. The lowest BCUT2D eigenvalue weighted by Gasteiger charge is -2.32. The van der Waals surface area contributed by atoms with Crippen molar-refractivity contribution in [3.05, 3.63) is 28.8 Å². The zero-order chi connectivity index (χ0) is 18.0. The van der Waals surface area contributed by atoms with E-state index in [1.165, 1.54) is 6.07 Å². The zero-order valence-electron chi connectivity index (χ0n) is 13.1. The zero-order valence-corrected chi connectivity index (χ0v) is 14.7. The number of likely N-dealkylation sites (tertiary alicyclic amines) is 1. The Labute approximate surface area is 144 Å². The molecule has 1 aromatic rings. The summed E-state index contributed by atoms with van der Waals surface area (Å²) in [5.41, 5.74) is -4.86. The molecule has 1 aliphatic rings. The Hall–Kier alpha value is -0.990. The number of nitrogens with zero attached hydrogens (tertiary/aromatic N) is 1. The molecule has 0 saturated carbocycles. The fourth-order valence-electron chi connectivity index (χ4n) is 2.86. The van der Waals surface area contributed by atoms with Gasteiger partial charge in [0.25, 0.3) is 0 Å². The first-order valence-corrected chi connectivity index (χ1v) is 9.46. The average molecular weight is 386 g/mol. The van der Waals surface area contributed by atoms with Gasteiger partial charge in [-0.25, -0.2) is 0 Å². The second kappa shape index (κ2) is 7.49. The van der Waals surface area contributed by atoms with Crippen LogP contribution in [0.4, 0.5) is 13.2 Å². The summed E-state index contributed by atoms with van der Waals surface area (Å²) in [7, 11) is -5.73. The van der Waals surface area contributed by atoms with Gasteiger partial charge in [-0.2, -0.15) is 21.6 Å². The van der Waals surface area contributed by atoms with Crippen molar-refractivity contribution in [1.29, 1.82) is 0 Å². The molecule has 1 saturated heterocycles. The fraction of sp³-hybridized carbons (Fsp3) is 0.600. The normalized spacial score (nSPS) is 17.9. The van der Waals surface area contributed by atoms with Crippen molar-refractivity contribution in [3.63, 3.8) is 0 Å². The molecule has 1 fully saturated rings. The fourth-order valence-corrected chi connectivity index (χ4v) is 3.69. The van der Waals surface area contributed by atoms with Crippen LogP contribution in [-0.2, 0) is 10.1 Å². The third-order valence-corrected chi connectivity index (χ3v) is 5.41. The number of rotatable bonds is 5. The smallest absolute Gasteiger partial charge is 0.374 e. The van der Waals surface area contributed by atoms with E-state index in [9.17, 15) is 21.6 Å². The molecule has 0 aromatic heterocycles. The van der Waals surface area contributed by atoms with Crippen LogP contribution >= 0.6 is 11.6 Å². The van der Waals surface area contributed by atoms with E-state index in [2.05, 4.69) is 16.0 Å². The van der Waals surface area contributed by atoms with Gasteiger partial charge in [-0.05, 0) is 56.4 Å². The summed E-state index contributed by atoms with van der Waals surface area (Å²) in [6.45, 7) is 4.86. The third kappa shape index (κ3) is 4.34. The molecule has 1 aromatic carbocycles. The van der Waals surface area contributed by atoms with Crippen LogP contribution in [0.5, 0.6) is 5.75 Å². The van der Waals surface area contributed by atoms with E-state index < -0.39 is 21.4 Å². The van der Waals surface area contributed by atoms with E-state index in [4.69, 9.17) is 11.6 Å². The highest BCUT2D eigenvalue weighted by Gasteiger charge is 2.48. The summed E-state index contributed by atoms with van der Waals surface area (Å²) in [5, 5.41) is -0.0701. The highest BCUT2D eigenvalue weighted by Crippen LogP contribution is 2.39. The van der Waals surface area contributed by atoms with Gasteiger partial charge in [-0.1, -0.05) is 30.7 Å². The Morgan fingerprint density at radius 3 is 2.46 bits per heavy atom. The van der Waals surface area contributed by atoms with Gasteiger partial charge in [0.05, 0.1) is 5.02 Å². The maximum Gasteiger partial charge on any atom is 0.534 e. The molecule has 2 rings (SSSR count). The van der Waals surface area contributed by atoms with E-state index in [0.29, 0.717) is 5.56 Å². The van der Waals surface area contributed by atoms with Crippen molar-refractivity contribution >= 4 is 21.7 Å². The van der Waals surface area contributed by atoms with Gasteiger partial charge < -0.3 is 9.08 Å². The van der Waals surface area contributed by atoms with E-state index in [0.717, 1.165) is 45.0 Å². The standard InChI is InChI=1S/C15H19ClF3NO3S/c1-2-8-20-9-6-11(7-10-20)12-4-3-5-13(14(12)16)23-24(21,22)15(17,18)19/h3-5,11H,2,6-10H2,1H3. The first kappa shape index (κ1) is 19.3. The van der Waals surface area contributed by atoms with Crippen LogP contribution < -0.4 is 4.18 Å². The molecule has 136 valence electrons. The Bertz CT molecular complexity index is 671. The quantitative estimate of drug-likeness (QED) is 0.564. The molecule has 0 aliphatic carbocycles. The number of hydrogen-bond donors (Lipinski definition) is 0. The molecule has 0 bridgehead atoms.